The predicted molar refractivity (Wildman–Crippen MR) is 33.7 cm³/mol. The van der Waals surface area contributed by atoms with Crippen molar-refractivity contribution in [3.8, 4) is 6.07 Å². The van der Waals surface area contributed by atoms with Crippen LogP contribution in [0.5, 0.6) is 0 Å². The van der Waals surface area contributed by atoms with E-state index in [1.165, 1.54) is 0 Å². The Morgan fingerprint density at radius 1 is 2.00 bits per heavy atom. The van der Waals surface area contributed by atoms with Gasteiger partial charge in [0, 0.05) is 0 Å². The Morgan fingerprint density at radius 3 is 2.62 bits per heavy atom. The van der Waals surface area contributed by atoms with Gasteiger partial charge in [0.05, 0.1) is 17.7 Å². The summed E-state index contributed by atoms with van der Waals surface area (Å²) in [6.45, 7) is 1.66. The third kappa shape index (κ3) is 2.64. The fourth-order valence-electron chi connectivity index (χ4n) is 0.226. The molecule has 2 nitrogen and oxygen atoms in total. The third-order valence-electron chi connectivity index (χ3n) is 0.719. The molecule has 0 rings (SSSR count). The van der Waals surface area contributed by atoms with Crippen LogP contribution >= 0.6 is 12.6 Å². The van der Waals surface area contributed by atoms with Crippen LogP contribution in [-0.2, 0) is 4.79 Å². The fraction of sp³-hybridized carbons (Fsp3) is 0.600. The molecule has 0 aromatic carbocycles. The number of thiol groups is 1. The number of ketones is 1. The van der Waals surface area contributed by atoms with Gasteiger partial charge in [0.1, 0.15) is 0 Å². The van der Waals surface area contributed by atoms with E-state index in [0.717, 1.165) is 0 Å². The average Bonchev–Trinajstić information content (AvgIpc) is 1.67. The first-order valence-corrected chi connectivity index (χ1v) is 2.78. The first kappa shape index (κ1) is 7.51. The number of nitriles is 1. The first-order chi connectivity index (χ1) is 3.68. The Kier molecular flexibility index (Phi) is 3.29. The van der Waals surface area contributed by atoms with E-state index >= 15 is 0 Å². The van der Waals surface area contributed by atoms with Gasteiger partial charge in [-0.25, -0.2) is 0 Å². The molecule has 0 aliphatic rings. The lowest BCUT2D eigenvalue weighted by Crippen LogP contribution is -2.08. The molecule has 44 valence electrons. The number of hydrogen-bond donors (Lipinski definition) is 1. The Balaban J connectivity index is 3.53. The Morgan fingerprint density at radius 2 is 2.50 bits per heavy atom. The average molecular weight is 129 g/mol. The Bertz CT molecular complexity index is 125. The highest BCUT2D eigenvalue weighted by Gasteiger charge is 2.04. The topological polar surface area (TPSA) is 40.9 Å². The van der Waals surface area contributed by atoms with Crippen molar-refractivity contribution in [2.24, 2.45) is 0 Å². The highest BCUT2D eigenvalue weighted by Crippen LogP contribution is 1.96. The lowest BCUT2D eigenvalue weighted by Gasteiger charge is -1.93. The standard InChI is InChI=1S/C5H7NOS/c1-4(8)5(7)2-3-6/h4,8H,2H2,1H3. The highest BCUT2D eigenvalue weighted by molar-refractivity contribution is 7.81. The molecule has 0 aliphatic carbocycles. The van der Waals surface area contributed by atoms with Crippen molar-refractivity contribution in [2.45, 2.75) is 18.6 Å². The monoisotopic (exact) mass is 129 g/mol. The summed E-state index contributed by atoms with van der Waals surface area (Å²) in [4.78, 5) is 10.4. The molecular weight excluding hydrogens is 122 g/mol. The zero-order chi connectivity index (χ0) is 6.57. The summed E-state index contributed by atoms with van der Waals surface area (Å²) in [5, 5.41) is 7.68. The van der Waals surface area contributed by atoms with Gasteiger partial charge in [-0.1, -0.05) is 0 Å². The van der Waals surface area contributed by atoms with Gasteiger partial charge < -0.3 is 0 Å². The van der Waals surface area contributed by atoms with Gasteiger partial charge in [0.2, 0.25) is 0 Å². The van der Waals surface area contributed by atoms with Gasteiger partial charge in [-0.05, 0) is 6.92 Å². The molecule has 3 heteroatoms. The summed E-state index contributed by atoms with van der Waals surface area (Å²) in [6.07, 6.45) is -0.0231. The minimum Gasteiger partial charge on any atom is -0.297 e. The molecular formula is C5H7NOS. The molecule has 0 spiro atoms. The second kappa shape index (κ2) is 3.50. The second-order valence-electron chi connectivity index (χ2n) is 1.48. The van der Waals surface area contributed by atoms with Crippen LogP contribution in [0, 0.1) is 11.3 Å². The first-order valence-electron chi connectivity index (χ1n) is 2.26. The molecule has 0 N–H and O–H groups in total. The molecule has 0 amide bonds. The molecule has 0 radical (unpaired) electrons. The van der Waals surface area contributed by atoms with Crippen molar-refractivity contribution in [1.82, 2.24) is 0 Å². The van der Waals surface area contributed by atoms with Gasteiger partial charge in [0.25, 0.3) is 0 Å². The molecule has 0 aliphatic heterocycles. The molecule has 1 unspecified atom stereocenters. The lowest BCUT2D eigenvalue weighted by molar-refractivity contribution is -0.117. The summed E-state index contributed by atoms with van der Waals surface area (Å²) in [5.41, 5.74) is 0. The number of carbonyl (C=O) groups is 1. The van der Waals surface area contributed by atoms with E-state index in [4.69, 9.17) is 5.26 Å². The van der Waals surface area contributed by atoms with Gasteiger partial charge in [-0.3, -0.25) is 4.79 Å². The summed E-state index contributed by atoms with van der Waals surface area (Å²) in [6, 6.07) is 1.75. The lowest BCUT2D eigenvalue weighted by atomic mass is 10.2. The largest absolute Gasteiger partial charge is 0.297 e. The molecule has 1 atom stereocenters. The molecule has 0 aromatic heterocycles. The fourth-order valence-corrected chi connectivity index (χ4v) is 0.317. The Hall–Kier alpha value is -0.490. The third-order valence-corrected chi connectivity index (χ3v) is 1.01. The normalized spacial score (nSPS) is 12.1. The quantitative estimate of drug-likeness (QED) is 0.560. The number of hydrogen-bond acceptors (Lipinski definition) is 3. The van der Waals surface area contributed by atoms with Crippen molar-refractivity contribution in [1.29, 1.82) is 5.26 Å². The number of rotatable bonds is 2. The molecule has 0 bridgehead atoms. The molecule has 0 saturated carbocycles. The molecule has 0 saturated heterocycles. The summed E-state index contributed by atoms with van der Waals surface area (Å²) in [5.74, 6) is -0.115. The summed E-state index contributed by atoms with van der Waals surface area (Å²) in [7, 11) is 0. The van der Waals surface area contributed by atoms with E-state index in [1.807, 2.05) is 0 Å². The number of carbonyl (C=O) groups excluding carboxylic acids is 1. The van der Waals surface area contributed by atoms with Gasteiger partial charge in [0.15, 0.2) is 5.78 Å². The molecule has 0 fully saturated rings. The Labute approximate surface area is 53.9 Å². The minimum absolute atomic E-state index is 0.0231. The van der Waals surface area contributed by atoms with E-state index in [2.05, 4.69) is 12.6 Å². The summed E-state index contributed by atoms with van der Waals surface area (Å²) >= 11 is 3.83. The van der Waals surface area contributed by atoms with E-state index in [-0.39, 0.29) is 17.5 Å². The van der Waals surface area contributed by atoms with Crippen molar-refractivity contribution in [3.05, 3.63) is 0 Å². The number of Topliss-reactive ketones (excluding diaryl/α,β-unsaturated/α-hetero) is 1. The van der Waals surface area contributed by atoms with Crippen molar-refractivity contribution in [2.75, 3.05) is 0 Å². The van der Waals surface area contributed by atoms with E-state index in [1.54, 1.807) is 13.0 Å². The molecule has 8 heavy (non-hydrogen) atoms. The van der Waals surface area contributed by atoms with Crippen LogP contribution in [0.2, 0.25) is 0 Å². The predicted octanol–water partition coefficient (Wildman–Crippen LogP) is 0.787. The van der Waals surface area contributed by atoms with Crippen molar-refractivity contribution in [3.63, 3.8) is 0 Å². The minimum atomic E-state index is -0.297. The van der Waals surface area contributed by atoms with Crippen molar-refractivity contribution < 1.29 is 4.79 Å². The van der Waals surface area contributed by atoms with Crippen LogP contribution in [0.3, 0.4) is 0 Å². The zero-order valence-electron chi connectivity index (χ0n) is 4.59. The van der Waals surface area contributed by atoms with Crippen LogP contribution in [0.4, 0.5) is 0 Å². The van der Waals surface area contributed by atoms with Gasteiger partial charge in [-0.15, -0.1) is 0 Å². The zero-order valence-corrected chi connectivity index (χ0v) is 5.48. The van der Waals surface area contributed by atoms with Gasteiger partial charge >= 0.3 is 0 Å². The number of nitrogens with zero attached hydrogens (tertiary/aromatic N) is 1. The molecule has 0 heterocycles. The maximum atomic E-state index is 10.4. The SMILES string of the molecule is CC(S)C(=O)CC#N. The van der Waals surface area contributed by atoms with E-state index in [9.17, 15) is 4.79 Å². The van der Waals surface area contributed by atoms with E-state index in [0.29, 0.717) is 0 Å². The van der Waals surface area contributed by atoms with Crippen LogP contribution in [0.1, 0.15) is 13.3 Å². The van der Waals surface area contributed by atoms with Crippen LogP contribution in [0.15, 0.2) is 0 Å². The van der Waals surface area contributed by atoms with Crippen LogP contribution < -0.4 is 0 Å². The highest BCUT2D eigenvalue weighted by atomic mass is 32.1. The second-order valence-corrected chi connectivity index (χ2v) is 2.25. The maximum Gasteiger partial charge on any atom is 0.159 e. The van der Waals surface area contributed by atoms with Crippen molar-refractivity contribution >= 4 is 18.4 Å². The van der Waals surface area contributed by atoms with E-state index < -0.39 is 0 Å². The smallest absolute Gasteiger partial charge is 0.159 e. The van der Waals surface area contributed by atoms with Crippen LogP contribution in [0.25, 0.3) is 0 Å². The van der Waals surface area contributed by atoms with Gasteiger partial charge in [-0.2, -0.15) is 17.9 Å². The van der Waals surface area contributed by atoms with Crippen LogP contribution in [-0.4, -0.2) is 11.0 Å². The summed E-state index contributed by atoms with van der Waals surface area (Å²) < 4.78 is 0. The molecule has 0 aromatic rings. The maximum absolute atomic E-state index is 10.4.